The number of unbranched alkanes of at least 4 members (excludes halogenated alkanes) is 1. The molecular formula is C30H43P. The summed E-state index contributed by atoms with van der Waals surface area (Å²) in [5, 5.41) is 3.29. The normalized spacial score (nSPS) is 47.8. The third-order valence-electron chi connectivity index (χ3n) is 11.0. The minimum absolute atomic E-state index is 0.0292. The summed E-state index contributed by atoms with van der Waals surface area (Å²) in [5.74, 6) is 6.55. The van der Waals surface area contributed by atoms with Gasteiger partial charge < -0.3 is 0 Å². The van der Waals surface area contributed by atoms with Crippen molar-refractivity contribution in [3.05, 3.63) is 29.8 Å². The predicted molar refractivity (Wildman–Crippen MR) is 133 cm³/mol. The van der Waals surface area contributed by atoms with Crippen molar-refractivity contribution in [2.24, 2.45) is 35.5 Å². The second-order valence-electron chi connectivity index (χ2n) is 13.4. The van der Waals surface area contributed by atoms with E-state index in [4.69, 9.17) is 0 Å². The molecule has 8 aliphatic rings. The van der Waals surface area contributed by atoms with E-state index in [-0.39, 0.29) is 7.92 Å². The van der Waals surface area contributed by atoms with E-state index in [2.05, 4.69) is 31.2 Å². The Labute approximate surface area is 192 Å². The van der Waals surface area contributed by atoms with Crippen LogP contribution in [0.4, 0.5) is 0 Å². The summed E-state index contributed by atoms with van der Waals surface area (Å²) in [6.07, 6.45) is 23.2. The number of hydrogen-bond acceptors (Lipinski definition) is 0. The van der Waals surface area contributed by atoms with Gasteiger partial charge in [-0.1, -0.05) is 45.5 Å². The number of aryl methyl sites for hydroxylation is 1. The second kappa shape index (κ2) is 7.32. The van der Waals surface area contributed by atoms with Crippen molar-refractivity contribution >= 4 is 13.2 Å². The van der Waals surface area contributed by atoms with Gasteiger partial charge in [0.15, 0.2) is 0 Å². The van der Waals surface area contributed by atoms with Crippen LogP contribution in [0.15, 0.2) is 24.3 Å². The summed E-state index contributed by atoms with van der Waals surface area (Å²) in [4.78, 5) is 0. The second-order valence-corrected chi connectivity index (χ2v) is 16.5. The highest BCUT2D eigenvalue weighted by atomic mass is 31.1. The molecule has 8 bridgehead atoms. The maximum absolute atomic E-state index is 2.67. The molecule has 0 aliphatic heterocycles. The lowest BCUT2D eigenvalue weighted by Gasteiger charge is -2.67. The zero-order valence-corrected chi connectivity index (χ0v) is 20.7. The van der Waals surface area contributed by atoms with Crippen molar-refractivity contribution < 1.29 is 0 Å². The lowest BCUT2D eigenvalue weighted by molar-refractivity contribution is 0.0195. The van der Waals surface area contributed by atoms with Gasteiger partial charge in [0.05, 0.1) is 0 Å². The van der Waals surface area contributed by atoms with Crippen molar-refractivity contribution in [1.29, 1.82) is 0 Å². The molecule has 0 nitrogen and oxygen atoms in total. The highest BCUT2D eigenvalue weighted by Gasteiger charge is 2.62. The van der Waals surface area contributed by atoms with Gasteiger partial charge in [-0.2, -0.15) is 0 Å². The summed E-state index contributed by atoms with van der Waals surface area (Å²) in [7, 11) is -0.0292. The van der Waals surface area contributed by atoms with E-state index in [0.29, 0.717) is 0 Å². The Hall–Kier alpha value is -0.350. The molecule has 8 fully saturated rings. The van der Waals surface area contributed by atoms with Crippen LogP contribution >= 0.6 is 7.92 Å². The largest absolute Gasteiger partial charge is 0.0654 e. The molecule has 1 aromatic carbocycles. The van der Waals surface area contributed by atoms with E-state index in [0.717, 1.165) is 45.8 Å². The Balaban J connectivity index is 1.30. The Morgan fingerprint density at radius 2 is 1.03 bits per heavy atom. The Morgan fingerprint density at radius 1 is 0.645 bits per heavy atom. The van der Waals surface area contributed by atoms with E-state index in [1.807, 2.05) is 5.30 Å². The molecule has 0 saturated heterocycles. The van der Waals surface area contributed by atoms with Crippen LogP contribution in [-0.4, -0.2) is 10.3 Å². The molecule has 0 aromatic heterocycles. The molecule has 168 valence electrons. The van der Waals surface area contributed by atoms with Crippen LogP contribution in [0.1, 0.15) is 102 Å². The molecule has 9 rings (SSSR count). The highest BCUT2D eigenvalue weighted by Crippen LogP contribution is 2.78. The number of rotatable bonds is 6. The van der Waals surface area contributed by atoms with Crippen LogP contribution in [0, 0.1) is 35.5 Å². The maximum Gasteiger partial charge on any atom is -0.00414 e. The minimum atomic E-state index is -0.0292. The predicted octanol–water partition coefficient (Wildman–Crippen LogP) is 8.07. The Kier molecular flexibility index (Phi) is 4.74. The molecule has 31 heavy (non-hydrogen) atoms. The van der Waals surface area contributed by atoms with Crippen LogP contribution in [0.2, 0.25) is 0 Å². The average Bonchev–Trinajstić information content (AvgIpc) is 2.71. The first-order valence-corrected chi connectivity index (χ1v) is 15.4. The summed E-state index contributed by atoms with van der Waals surface area (Å²) in [5.41, 5.74) is 1.59. The van der Waals surface area contributed by atoms with Crippen LogP contribution in [0.5, 0.6) is 0 Å². The zero-order valence-electron chi connectivity index (χ0n) is 19.8. The number of hydrogen-bond donors (Lipinski definition) is 0. The van der Waals surface area contributed by atoms with E-state index >= 15 is 0 Å². The first kappa shape index (κ1) is 20.1. The zero-order chi connectivity index (χ0) is 20.6. The highest BCUT2D eigenvalue weighted by molar-refractivity contribution is 7.68. The van der Waals surface area contributed by atoms with Crippen molar-refractivity contribution in [1.82, 2.24) is 0 Å². The fraction of sp³-hybridized carbons (Fsp3) is 0.800. The van der Waals surface area contributed by atoms with Gasteiger partial charge in [-0.3, -0.25) is 0 Å². The van der Waals surface area contributed by atoms with Crippen LogP contribution in [0.25, 0.3) is 0 Å². The summed E-state index contributed by atoms with van der Waals surface area (Å²) in [6.45, 7) is 2.33. The molecule has 8 saturated carbocycles. The lowest BCUT2D eigenvalue weighted by Crippen LogP contribution is -2.58. The van der Waals surface area contributed by atoms with Crippen molar-refractivity contribution in [2.45, 2.75) is 114 Å². The molecular weight excluding hydrogens is 391 g/mol. The smallest absolute Gasteiger partial charge is 0.00414 e. The Bertz CT molecular complexity index is 705. The SMILES string of the molecule is CCCCc1ccc(P(C23CC4CC(CC(C4)C2)C3)C23CC4CC(CC(C4)C2)C3)cc1. The molecule has 0 N–H and O–H groups in total. The van der Waals surface area contributed by atoms with Crippen molar-refractivity contribution in [2.75, 3.05) is 0 Å². The molecule has 0 heterocycles. The van der Waals surface area contributed by atoms with Gasteiger partial charge in [0.1, 0.15) is 0 Å². The van der Waals surface area contributed by atoms with Gasteiger partial charge in [0, 0.05) is 0 Å². The van der Waals surface area contributed by atoms with Gasteiger partial charge >= 0.3 is 0 Å². The molecule has 0 unspecified atom stereocenters. The number of benzene rings is 1. The average molecular weight is 435 g/mol. The minimum Gasteiger partial charge on any atom is -0.0654 e. The molecule has 0 spiro atoms. The first-order chi connectivity index (χ1) is 15.1. The van der Waals surface area contributed by atoms with Crippen molar-refractivity contribution in [3.8, 4) is 0 Å². The van der Waals surface area contributed by atoms with Crippen LogP contribution < -0.4 is 5.30 Å². The quantitative estimate of drug-likeness (QED) is 0.397. The topological polar surface area (TPSA) is 0 Å². The molecule has 8 aliphatic carbocycles. The standard InChI is InChI=1S/C30H43P/c1-2-3-4-21-5-7-28(8-6-21)31(29-15-22-9-23(16-29)11-24(10-22)17-29)30-18-25-12-26(19-30)14-27(13-25)20-30/h5-8,22-27H,2-4,9-20H2,1H3. The fourth-order valence-corrected chi connectivity index (χ4v) is 16.1. The monoisotopic (exact) mass is 434 g/mol. The van der Waals surface area contributed by atoms with Gasteiger partial charge in [-0.05, 0) is 147 Å². The van der Waals surface area contributed by atoms with Crippen LogP contribution in [0.3, 0.4) is 0 Å². The molecule has 0 atom stereocenters. The van der Waals surface area contributed by atoms with Gasteiger partial charge in [-0.15, -0.1) is 0 Å². The lowest BCUT2D eigenvalue weighted by atomic mass is 9.55. The molecule has 1 heteroatoms. The molecule has 1 aromatic rings. The summed E-state index contributed by atoms with van der Waals surface area (Å²) >= 11 is 0. The van der Waals surface area contributed by atoms with Gasteiger partial charge in [0.2, 0.25) is 0 Å². The Morgan fingerprint density at radius 3 is 1.39 bits per heavy atom. The van der Waals surface area contributed by atoms with Crippen molar-refractivity contribution in [3.63, 3.8) is 0 Å². The summed E-state index contributed by atoms with van der Waals surface area (Å²) < 4.78 is 0. The van der Waals surface area contributed by atoms with E-state index in [9.17, 15) is 0 Å². The van der Waals surface area contributed by atoms with Gasteiger partial charge in [-0.25, -0.2) is 0 Å². The van der Waals surface area contributed by atoms with Crippen LogP contribution in [-0.2, 0) is 6.42 Å². The maximum atomic E-state index is 2.67. The third-order valence-corrected chi connectivity index (χ3v) is 14.8. The molecule has 0 radical (unpaired) electrons. The van der Waals surface area contributed by atoms with E-state index < -0.39 is 0 Å². The fourth-order valence-electron chi connectivity index (χ4n) is 10.9. The van der Waals surface area contributed by atoms with Gasteiger partial charge in [0.25, 0.3) is 0 Å². The summed E-state index contributed by atoms with van der Waals surface area (Å²) in [6, 6.07) is 10.5. The van der Waals surface area contributed by atoms with E-state index in [1.54, 1.807) is 82.6 Å². The van der Waals surface area contributed by atoms with E-state index in [1.165, 1.54) is 19.3 Å². The molecule has 0 amide bonds. The first-order valence-electron chi connectivity index (χ1n) is 14.0. The third kappa shape index (κ3) is 3.24.